The average Bonchev–Trinajstić information content (AvgIpc) is 4.12. The Bertz CT molecular complexity index is 3280. The molecule has 0 radical (unpaired) electrons. The van der Waals surface area contributed by atoms with Crippen LogP contribution in [-0.2, 0) is 37.5 Å². The maximum absolute atomic E-state index is 16.0. The topological polar surface area (TPSA) is 240 Å². The van der Waals surface area contributed by atoms with Crippen molar-refractivity contribution in [1.82, 2.24) is 48.4 Å². The van der Waals surface area contributed by atoms with Gasteiger partial charge in [-0.05, 0) is 96.1 Å². The number of halogens is 1. The summed E-state index contributed by atoms with van der Waals surface area (Å²) in [6, 6.07) is 14.6. The van der Waals surface area contributed by atoms with Crippen molar-refractivity contribution in [3.63, 3.8) is 0 Å². The first kappa shape index (κ1) is 45.4. The molecule has 0 spiro atoms. The second-order valence-corrected chi connectivity index (χ2v) is 15.9. The van der Waals surface area contributed by atoms with E-state index in [1.807, 2.05) is 44.4 Å². The Morgan fingerprint density at radius 1 is 0.716 bits per heavy atom. The first-order valence-corrected chi connectivity index (χ1v) is 21.9. The zero-order valence-corrected chi connectivity index (χ0v) is 38.0. The van der Waals surface area contributed by atoms with Gasteiger partial charge in [0.15, 0.2) is 5.82 Å². The van der Waals surface area contributed by atoms with E-state index in [2.05, 4.69) is 20.6 Å². The number of amides is 3. The Labute approximate surface area is 383 Å². The molecule has 0 unspecified atom stereocenters. The fraction of sp³-hybridized carbons (Fsp3) is 0.298. The number of rotatable bonds is 18. The number of fused-ring (bicyclic) bond motifs is 4. The van der Waals surface area contributed by atoms with Gasteiger partial charge in [-0.3, -0.25) is 33.7 Å². The van der Waals surface area contributed by atoms with Crippen LogP contribution in [0.2, 0.25) is 0 Å². The number of anilines is 1. The monoisotopic (exact) mass is 911 g/mol. The van der Waals surface area contributed by atoms with Gasteiger partial charge in [-0.1, -0.05) is 12.2 Å². The van der Waals surface area contributed by atoms with Crippen molar-refractivity contribution in [2.45, 2.75) is 80.7 Å². The third-order valence-electron chi connectivity index (χ3n) is 11.2. The van der Waals surface area contributed by atoms with Gasteiger partial charge in [0.1, 0.15) is 34.0 Å². The molecule has 19 nitrogen and oxygen atoms in total. The van der Waals surface area contributed by atoms with Crippen LogP contribution in [0, 0.1) is 26.6 Å². The van der Waals surface area contributed by atoms with Crippen LogP contribution in [0.4, 0.5) is 10.3 Å². The van der Waals surface area contributed by atoms with Crippen molar-refractivity contribution in [3.8, 4) is 17.1 Å². The maximum atomic E-state index is 16.0. The lowest BCUT2D eigenvalue weighted by molar-refractivity contribution is 0.0471. The van der Waals surface area contributed by atoms with E-state index in [4.69, 9.17) is 30.9 Å². The van der Waals surface area contributed by atoms with Crippen LogP contribution in [0.5, 0.6) is 5.75 Å². The molecule has 346 valence electrons. The molecule has 20 heteroatoms. The van der Waals surface area contributed by atoms with Crippen molar-refractivity contribution in [2.75, 3.05) is 18.5 Å². The Morgan fingerprint density at radius 2 is 1.36 bits per heavy atom. The van der Waals surface area contributed by atoms with Crippen LogP contribution in [0.1, 0.15) is 86.0 Å². The van der Waals surface area contributed by atoms with Crippen molar-refractivity contribution in [1.29, 1.82) is 0 Å². The van der Waals surface area contributed by atoms with Crippen molar-refractivity contribution in [3.05, 3.63) is 112 Å². The molecule has 0 bridgehead atoms. The van der Waals surface area contributed by atoms with Crippen molar-refractivity contribution < 1.29 is 33.0 Å². The number of esters is 1. The summed E-state index contributed by atoms with van der Waals surface area (Å²) in [5.74, 6) is -2.46. The lowest BCUT2D eigenvalue weighted by atomic mass is 10.1. The number of ether oxygens (including phenoxy) is 2. The highest BCUT2D eigenvalue weighted by Gasteiger charge is 2.24. The lowest BCUT2D eigenvalue weighted by Crippen LogP contribution is -2.20. The highest BCUT2D eigenvalue weighted by atomic mass is 19.1. The second-order valence-electron chi connectivity index (χ2n) is 15.9. The van der Waals surface area contributed by atoms with Crippen LogP contribution in [0.25, 0.3) is 44.4 Å². The Morgan fingerprint density at radius 3 is 2.04 bits per heavy atom. The molecular weight excluding hydrogens is 862 g/mol. The number of carbonyl (C=O) groups is 4. The Hall–Kier alpha value is -8.16. The molecule has 5 N–H and O–H groups in total. The zero-order chi connectivity index (χ0) is 47.7. The van der Waals surface area contributed by atoms with Gasteiger partial charge in [0, 0.05) is 61.0 Å². The standard InChI is InChI=1S/C47H50FN13O6/c1-7-59-36(19-26(4)54-59)40-33(48)25-32-31-22-29(42(49)62)13-14-35(31)57(44(32)52-40)15-10-11-16-58-41-34(51-47(58)53-45(64)37-20-27(5)55-60(37)8-2)23-30(43(50)63)24-39(41)66-17-12-18-67-46(65)38-21-28(6)56-61(38)9-3/h10-11,13-14,19-25H,7-9,12,15-18H2,1-6H3,(H2,49,62)(H2,50,63)(H,51,53,64). The van der Waals surface area contributed by atoms with E-state index in [0.717, 1.165) is 0 Å². The first-order chi connectivity index (χ1) is 32.2. The van der Waals surface area contributed by atoms with E-state index in [9.17, 15) is 19.2 Å². The van der Waals surface area contributed by atoms with Gasteiger partial charge >= 0.3 is 5.97 Å². The number of hydrogen-bond donors (Lipinski definition) is 3. The molecule has 6 heterocycles. The number of allylic oxidation sites excluding steroid dienone is 2. The van der Waals surface area contributed by atoms with Gasteiger partial charge in [0.25, 0.3) is 5.91 Å². The van der Waals surface area contributed by atoms with Crippen LogP contribution < -0.4 is 21.5 Å². The van der Waals surface area contributed by atoms with Crippen LogP contribution >= 0.6 is 0 Å². The molecule has 0 fully saturated rings. The van der Waals surface area contributed by atoms with Crippen LogP contribution in [0.3, 0.4) is 0 Å². The molecule has 8 aromatic rings. The smallest absolute Gasteiger partial charge is 0.356 e. The Balaban J connectivity index is 1.15. The van der Waals surface area contributed by atoms with E-state index in [1.165, 1.54) is 18.2 Å². The van der Waals surface area contributed by atoms with E-state index >= 15 is 4.39 Å². The number of pyridine rings is 1. The largest absolute Gasteiger partial charge is 0.491 e. The van der Waals surface area contributed by atoms with E-state index in [-0.39, 0.29) is 54.8 Å². The van der Waals surface area contributed by atoms with E-state index in [1.54, 1.807) is 68.9 Å². The molecule has 3 amide bonds. The van der Waals surface area contributed by atoms with Gasteiger partial charge in [-0.15, -0.1) is 0 Å². The number of imidazole rings is 1. The van der Waals surface area contributed by atoms with E-state index in [0.29, 0.717) is 93.2 Å². The molecule has 0 saturated heterocycles. The summed E-state index contributed by atoms with van der Waals surface area (Å²) >= 11 is 0. The number of primary amides is 2. The molecule has 8 rings (SSSR count). The van der Waals surface area contributed by atoms with Crippen LogP contribution in [0.15, 0.2) is 66.7 Å². The number of aromatic nitrogens is 10. The number of benzene rings is 2. The third kappa shape index (κ3) is 8.96. The predicted octanol–water partition coefficient (Wildman–Crippen LogP) is 6.25. The maximum Gasteiger partial charge on any atom is 0.356 e. The van der Waals surface area contributed by atoms with Crippen LogP contribution in [-0.4, -0.2) is 85.3 Å². The SMILES string of the molecule is CCn1nc(C)cc1C(=O)Nc1nc2cc(C(N)=O)cc(OCCCOC(=O)c3cc(C)nn3CC)c2n1CC=CCn1c2ccc(C(N)=O)cc2c2cc(F)c(-c3cc(C)nn3CC)nc21. The molecule has 0 aliphatic heterocycles. The first-order valence-electron chi connectivity index (χ1n) is 21.9. The molecule has 67 heavy (non-hydrogen) atoms. The summed E-state index contributed by atoms with van der Waals surface area (Å²) in [4.78, 5) is 61.2. The second kappa shape index (κ2) is 18.7. The minimum Gasteiger partial charge on any atom is -0.491 e. The highest BCUT2D eigenvalue weighted by Crippen LogP contribution is 2.34. The van der Waals surface area contributed by atoms with Gasteiger partial charge in [0.2, 0.25) is 17.8 Å². The van der Waals surface area contributed by atoms with Gasteiger partial charge in [-0.25, -0.2) is 19.2 Å². The summed E-state index contributed by atoms with van der Waals surface area (Å²) in [7, 11) is 0. The molecule has 0 atom stereocenters. The fourth-order valence-corrected chi connectivity index (χ4v) is 8.16. The summed E-state index contributed by atoms with van der Waals surface area (Å²) in [5.41, 5.74) is 17.1. The normalized spacial score (nSPS) is 11.7. The third-order valence-corrected chi connectivity index (χ3v) is 11.2. The number of hydrogen-bond acceptors (Lipinski definition) is 11. The molecular formula is C47H50FN13O6. The summed E-state index contributed by atoms with van der Waals surface area (Å²) in [6.07, 6.45) is 4.04. The van der Waals surface area contributed by atoms with Gasteiger partial charge in [-0.2, -0.15) is 15.3 Å². The lowest BCUT2D eigenvalue weighted by Gasteiger charge is -2.13. The molecule has 6 aromatic heterocycles. The summed E-state index contributed by atoms with van der Waals surface area (Å²) in [6.45, 7) is 13.1. The Kier molecular flexibility index (Phi) is 12.7. The fourth-order valence-electron chi connectivity index (χ4n) is 8.16. The highest BCUT2D eigenvalue weighted by molar-refractivity contribution is 6.10. The summed E-state index contributed by atoms with van der Waals surface area (Å²) < 4.78 is 36.3. The molecule has 0 aliphatic rings. The quantitative estimate of drug-likeness (QED) is 0.0494. The number of nitrogens with zero attached hydrogens (tertiary/aromatic N) is 10. The number of carbonyl (C=O) groups excluding carboxylic acids is 4. The number of nitrogens with two attached hydrogens (primary N) is 2. The van der Waals surface area contributed by atoms with Gasteiger partial charge < -0.3 is 30.1 Å². The molecule has 0 saturated carbocycles. The van der Waals surface area contributed by atoms with Crippen molar-refractivity contribution >= 4 is 62.6 Å². The minimum atomic E-state index is -0.717. The number of nitrogens with one attached hydrogen (secondary N) is 1. The van der Waals surface area contributed by atoms with E-state index < -0.39 is 29.5 Å². The van der Waals surface area contributed by atoms with Gasteiger partial charge in [0.05, 0.1) is 47.0 Å². The predicted molar refractivity (Wildman–Crippen MR) is 248 cm³/mol. The average molecular weight is 912 g/mol. The minimum absolute atomic E-state index is 0.0384. The molecule has 0 aliphatic carbocycles. The summed E-state index contributed by atoms with van der Waals surface area (Å²) in [5, 5.41) is 17.3. The number of aryl methyl sites for hydroxylation is 6. The zero-order valence-electron chi connectivity index (χ0n) is 38.0. The van der Waals surface area contributed by atoms with Crippen molar-refractivity contribution in [2.24, 2.45) is 11.5 Å². The molecule has 2 aromatic carbocycles.